The molecule has 0 aromatic heterocycles. The Hall–Kier alpha value is -0.910. The molecule has 2 N–H and O–H groups in total. The van der Waals surface area contributed by atoms with Crippen LogP contribution in [0.1, 0.15) is 26.3 Å². The largest absolute Gasteiger partial charge is 0.310 e. The normalized spacial score (nSPS) is 12.0. The highest BCUT2D eigenvalue weighted by Gasteiger charge is 2.12. The topological polar surface area (TPSA) is 58.2 Å². The summed E-state index contributed by atoms with van der Waals surface area (Å²) in [6.07, 6.45) is 0. The quantitative estimate of drug-likeness (QED) is 0.810. The van der Waals surface area contributed by atoms with Gasteiger partial charge in [-0.15, -0.1) is 0 Å². The lowest BCUT2D eigenvalue weighted by molar-refractivity contribution is 0.581. The van der Waals surface area contributed by atoms with Gasteiger partial charge in [0, 0.05) is 19.1 Å². The molecule has 17 heavy (non-hydrogen) atoms. The predicted molar refractivity (Wildman–Crippen MR) is 69.3 cm³/mol. The maximum Gasteiger partial charge on any atom is 0.240 e. The van der Waals surface area contributed by atoms with Gasteiger partial charge >= 0.3 is 0 Å². The molecule has 0 aliphatic heterocycles. The Labute approximate surface area is 103 Å². The van der Waals surface area contributed by atoms with Gasteiger partial charge < -0.3 is 5.32 Å². The summed E-state index contributed by atoms with van der Waals surface area (Å²) in [6, 6.07) is 7.37. The fourth-order valence-corrected chi connectivity index (χ4v) is 2.53. The molecule has 0 atom stereocenters. The fourth-order valence-electron chi connectivity index (χ4n) is 1.42. The van der Waals surface area contributed by atoms with E-state index < -0.39 is 10.0 Å². The molecule has 0 aliphatic carbocycles. The van der Waals surface area contributed by atoms with E-state index >= 15 is 0 Å². The van der Waals surface area contributed by atoms with Crippen LogP contribution < -0.4 is 10.0 Å². The van der Waals surface area contributed by atoms with E-state index in [1.54, 1.807) is 25.1 Å². The van der Waals surface area contributed by atoms with Crippen molar-refractivity contribution < 1.29 is 8.42 Å². The molecule has 5 heteroatoms. The molecule has 0 heterocycles. The van der Waals surface area contributed by atoms with Gasteiger partial charge in [0.15, 0.2) is 0 Å². The summed E-state index contributed by atoms with van der Waals surface area (Å²) in [5, 5.41) is 3.26. The molecule has 0 radical (unpaired) electrons. The lowest BCUT2D eigenvalue weighted by Gasteiger charge is -2.10. The number of benzene rings is 1. The van der Waals surface area contributed by atoms with Gasteiger partial charge in [0.1, 0.15) is 0 Å². The van der Waals surface area contributed by atoms with E-state index in [0.29, 0.717) is 24.0 Å². The first-order valence-electron chi connectivity index (χ1n) is 5.77. The molecule has 0 bridgehead atoms. The first-order chi connectivity index (χ1) is 7.95. The Kier molecular flexibility index (Phi) is 5.11. The van der Waals surface area contributed by atoms with Gasteiger partial charge in [-0.1, -0.05) is 32.9 Å². The van der Waals surface area contributed by atoms with Crippen molar-refractivity contribution in [1.82, 2.24) is 10.0 Å². The summed E-state index contributed by atoms with van der Waals surface area (Å²) in [5.41, 5.74) is 0.970. The molecule has 0 spiro atoms. The lowest BCUT2D eigenvalue weighted by Crippen LogP contribution is -2.24. The minimum Gasteiger partial charge on any atom is -0.310 e. The van der Waals surface area contributed by atoms with E-state index in [-0.39, 0.29) is 0 Å². The van der Waals surface area contributed by atoms with Crippen molar-refractivity contribution in [1.29, 1.82) is 0 Å². The van der Waals surface area contributed by atoms with E-state index in [9.17, 15) is 8.42 Å². The smallest absolute Gasteiger partial charge is 0.240 e. The summed E-state index contributed by atoms with van der Waals surface area (Å²) < 4.78 is 26.1. The average Bonchev–Trinajstić information content (AvgIpc) is 2.27. The van der Waals surface area contributed by atoms with E-state index in [1.165, 1.54) is 0 Å². The number of rotatable bonds is 6. The van der Waals surface area contributed by atoms with Gasteiger partial charge in [0.2, 0.25) is 10.0 Å². The SMILES string of the molecule is CCNS(=O)(=O)c1cccc(CNC(C)C)c1. The Morgan fingerprint density at radius 2 is 2.00 bits per heavy atom. The van der Waals surface area contributed by atoms with Crippen molar-refractivity contribution in [3.63, 3.8) is 0 Å². The third kappa shape index (κ3) is 4.46. The lowest BCUT2D eigenvalue weighted by atomic mass is 10.2. The Morgan fingerprint density at radius 3 is 2.59 bits per heavy atom. The first kappa shape index (κ1) is 14.2. The number of nitrogens with one attached hydrogen (secondary N) is 2. The summed E-state index contributed by atoms with van der Waals surface area (Å²) in [7, 11) is -3.35. The monoisotopic (exact) mass is 256 g/mol. The molecule has 0 saturated heterocycles. The molecule has 0 fully saturated rings. The highest BCUT2D eigenvalue weighted by atomic mass is 32.2. The number of sulfonamides is 1. The average molecular weight is 256 g/mol. The molecular weight excluding hydrogens is 236 g/mol. The van der Waals surface area contributed by atoms with Crippen molar-refractivity contribution in [3.8, 4) is 0 Å². The molecule has 0 amide bonds. The predicted octanol–water partition coefficient (Wildman–Crippen LogP) is 1.48. The zero-order valence-electron chi connectivity index (χ0n) is 10.5. The van der Waals surface area contributed by atoms with Gasteiger partial charge in [-0.05, 0) is 17.7 Å². The van der Waals surface area contributed by atoms with Crippen molar-refractivity contribution in [2.24, 2.45) is 0 Å². The van der Waals surface area contributed by atoms with Gasteiger partial charge in [-0.3, -0.25) is 0 Å². The van der Waals surface area contributed by atoms with Crippen LogP contribution >= 0.6 is 0 Å². The molecule has 1 aromatic rings. The zero-order chi connectivity index (χ0) is 12.9. The van der Waals surface area contributed by atoms with E-state index in [2.05, 4.69) is 23.9 Å². The van der Waals surface area contributed by atoms with Crippen LogP contribution in [0.15, 0.2) is 29.2 Å². The summed E-state index contributed by atoms with van der Waals surface area (Å²) in [6.45, 7) is 6.95. The van der Waals surface area contributed by atoms with Crippen LogP contribution in [0.5, 0.6) is 0 Å². The summed E-state index contributed by atoms with van der Waals surface area (Å²) in [5.74, 6) is 0. The van der Waals surface area contributed by atoms with Crippen LogP contribution in [-0.2, 0) is 16.6 Å². The van der Waals surface area contributed by atoms with Crippen LogP contribution in [0.25, 0.3) is 0 Å². The van der Waals surface area contributed by atoms with E-state index in [4.69, 9.17) is 0 Å². The highest BCUT2D eigenvalue weighted by Crippen LogP contribution is 2.11. The van der Waals surface area contributed by atoms with Gasteiger partial charge in [0.25, 0.3) is 0 Å². The highest BCUT2D eigenvalue weighted by molar-refractivity contribution is 7.89. The standard InChI is InChI=1S/C12H20N2O2S/c1-4-14-17(15,16)12-7-5-6-11(8-12)9-13-10(2)3/h5-8,10,13-14H,4,9H2,1-3H3. The minimum absolute atomic E-state index is 0.322. The summed E-state index contributed by atoms with van der Waals surface area (Å²) in [4.78, 5) is 0.322. The fraction of sp³-hybridized carbons (Fsp3) is 0.500. The van der Waals surface area contributed by atoms with Crippen LogP contribution in [0, 0.1) is 0 Å². The summed E-state index contributed by atoms with van der Waals surface area (Å²) >= 11 is 0. The Balaban J connectivity index is 2.86. The van der Waals surface area contributed by atoms with E-state index in [1.807, 2.05) is 6.07 Å². The second-order valence-corrected chi connectivity index (χ2v) is 5.95. The molecule has 1 rings (SSSR count). The molecule has 96 valence electrons. The van der Waals surface area contributed by atoms with Crippen molar-refractivity contribution in [2.75, 3.05) is 6.54 Å². The Morgan fingerprint density at radius 1 is 1.29 bits per heavy atom. The van der Waals surface area contributed by atoms with Crippen LogP contribution in [-0.4, -0.2) is 21.0 Å². The third-order valence-electron chi connectivity index (χ3n) is 2.26. The second-order valence-electron chi connectivity index (χ2n) is 4.18. The number of hydrogen-bond acceptors (Lipinski definition) is 3. The van der Waals surface area contributed by atoms with E-state index in [0.717, 1.165) is 5.56 Å². The maximum absolute atomic E-state index is 11.8. The molecular formula is C12H20N2O2S. The maximum atomic E-state index is 11.8. The van der Waals surface area contributed by atoms with Crippen LogP contribution in [0.3, 0.4) is 0 Å². The third-order valence-corrected chi connectivity index (χ3v) is 3.80. The molecule has 0 saturated carbocycles. The minimum atomic E-state index is -3.35. The zero-order valence-corrected chi connectivity index (χ0v) is 11.3. The van der Waals surface area contributed by atoms with Crippen molar-refractivity contribution in [3.05, 3.63) is 29.8 Å². The van der Waals surface area contributed by atoms with Crippen LogP contribution in [0.2, 0.25) is 0 Å². The van der Waals surface area contributed by atoms with Crippen molar-refractivity contribution in [2.45, 2.75) is 38.3 Å². The van der Waals surface area contributed by atoms with Crippen LogP contribution in [0.4, 0.5) is 0 Å². The van der Waals surface area contributed by atoms with Gasteiger partial charge in [0.05, 0.1) is 4.90 Å². The van der Waals surface area contributed by atoms with Gasteiger partial charge in [-0.2, -0.15) is 0 Å². The number of hydrogen-bond donors (Lipinski definition) is 2. The first-order valence-corrected chi connectivity index (χ1v) is 7.26. The Bertz CT molecular complexity index is 455. The molecule has 1 aromatic carbocycles. The molecule has 0 unspecified atom stereocenters. The molecule has 0 aliphatic rings. The second kappa shape index (κ2) is 6.14. The van der Waals surface area contributed by atoms with Crippen molar-refractivity contribution >= 4 is 10.0 Å². The molecule has 4 nitrogen and oxygen atoms in total. The van der Waals surface area contributed by atoms with Gasteiger partial charge in [-0.25, -0.2) is 13.1 Å².